The van der Waals surface area contributed by atoms with Crippen molar-refractivity contribution in [1.29, 1.82) is 0 Å². The lowest BCUT2D eigenvalue weighted by atomic mass is 10.1. The molecule has 0 aliphatic rings. The van der Waals surface area contributed by atoms with Crippen LogP contribution in [0.1, 0.15) is 23.9 Å². The highest BCUT2D eigenvalue weighted by Crippen LogP contribution is 2.30. The summed E-state index contributed by atoms with van der Waals surface area (Å²) in [5, 5.41) is 18.9. The van der Waals surface area contributed by atoms with Gasteiger partial charge in [-0.3, -0.25) is 4.40 Å². The molecule has 7 heteroatoms. The first-order chi connectivity index (χ1) is 12.4. The van der Waals surface area contributed by atoms with Crippen molar-refractivity contribution in [3.05, 3.63) is 52.3 Å². The van der Waals surface area contributed by atoms with E-state index in [1.54, 1.807) is 6.92 Å². The van der Waals surface area contributed by atoms with E-state index in [0.717, 1.165) is 28.0 Å². The Labute approximate surface area is 155 Å². The highest BCUT2D eigenvalue weighted by Gasteiger charge is 2.18. The number of aryl methyl sites for hydroxylation is 2. The number of hydrogen-bond donors (Lipinski definition) is 1. The van der Waals surface area contributed by atoms with Gasteiger partial charge in [-0.05, 0) is 57.0 Å². The molecule has 0 spiro atoms. The summed E-state index contributed by atoms with van der Waals surface area (Å²) in [4.78, 5) is 9.22. The molecule has 0 radical (unpaired) electrons. The summed E-state index contributed by atoms with van der Waals surface area (Å²) in [5.41, 5.74) is 5.53. The molecule has 26 heavy (non-hydrogen) atoms. The molecule has 6 nitrogen and oxygen atoms in total. The van der Waals surface area contributed by atoms with E-state index in [2.05, 4.69) is 20.2 Å². The molecule has 0 aliphatic heterocycles. The number of hydrogen-bond acceptors (Lipinski definition) is 5. The van der Waals surface area contributed by atoms with Crippen LogP contribution in [0.5, 0.6) is 0 Å². The Hall–Kier alpha value is -2.57. The van der Waals surface area contributed by atoms with Gasteiger partial charge in [0.25, 0.3) is 0 Å². The van der Waals surface area contributed by atoms with Crippen LogP contribution in [-0.2, 0) is 6.42 Å². The lowest BCUT2D eigenvalue weighted by Gasteiger charge is -2.10. The smallest absolute Gasteiger partial charge is 0.184 e. The number of halogens is 1. The number of pyridine rings is 1. The summed E-state index contributed by atoms with van der Waals surface area (Å²) in [5.74, 6) is 0.617. The maximum atomic E-state index is 9.69. The van der Waals surface area contributed by atoms with Crippen LogP contribution >= 0.6 is 11.6 Å². The van der Waals surface area contributed by atoms with Crippen molar-refractivity contribution >= 4 is 28.4 Å². The van der Waals surface area contributed by atoms with Gasteiger partial charge in [0.15, 0.2) is 17.1 Å². The van der Waals surface area contributed by atoms with Crippen molar-refractivity contribution in [3.8, 4) is 11.4 Å². The van der Waals surface area contributed by atoms with Crippen LogP contribution in [0, 0.1) is 13.8 Å². The molecule has 0 bridgehead atoms. The number of aromatic nitrogens is 5. The molecule has 0 fully saturated rings. The fraction of sp³-hybridized carbons (Fsp3) is 0.263. The molecule has 0 saturated heterocycles. The van der Waals surface area contributed by atoms with Gasteiger partial charge in [-0.15, -0.1) is 10.2 Å². The Morgan fingerprint density at radius 1 is 1.08 bits per heavy atom. The van der Waals surface area contributed by atoms with Crippen LogP contribution in [0.2, 0.25) is 5.02 Å². The van der Waals surface area contributed by atoms with Crippen LogP contribution in [-0.4, -0.2) is 35.8 Å². The Bertz CT molecular complexity index is 1140. The predicted octanol–water partition coefficient (Wildman–Crippen LogP) is 3.53. The summed E-state index contributed by atoms with van der Waals surface area (Å²) in [7, 11) is 0. The van der Waals surface area contributed by atoms with Gasteiger partial charge in [-0.1, -0.05) is 17.7 Å². The Kier molecular flexibility index (Phi) is 4.09. The topological polar surface area (TPSA) is 76.2 Å². The molecule has 1 unspecified atom stereocenters. The predicted molar refractivity (Wildman–Crippen MR) is 101 cm³/mol. The molecule has 132 valence electrons. The zero-order chi connectivity index (χ0) is 18.4. The maximum absolute atomic E-state index is 9.69. The fourth-order valence-corrected chi connectivity index (χ4v) is 3.33. The lowest BCUT2D eigenvalue weighted by molar-refractivity contribution is 0.195. The monoisotopic (exact) mass is 367 g/mol. The van der Waals surface area contributed by atoms with Gasteiger partial charge in [0.2, 0.25) is 0 Å². The van der Waals surface area contributed by atoms with Gasteiger partial charge < -0.3 is 5.11 Å². The first-order valence-electron chi connectivity index (χ1n) is 8.40. The standard InChI is InChI=1S/C19H18ClN5O/c1-10-4-7-16-19(21-10)25-17(12(3)22-16)23-24-18(25)14-9-13(8-11(2)26)5-6-15(14)20/h4-7,9,11,26H,8H2,1-3H3. The second-order valence-corrected chi connectivity index (χ2v) is 6.95. The summed E-state index contributed by atoms with van der Waals surface area (Å²) in [6.45, 7) is 5.60. The first kappa shape index (κ1) is 16.9. The number of rotatable bonds is 3. The zero-order valence-corrected chi connectivity index (χ0v) is 15.5. The van der Waals surface area contributed by atoms with Crippen LogP contribution < -0.4 is 0 Å². The number of benzene rings is 1. The van der Waals surface area contributed by atoms with Crippen molar-refractivity contribution in [2.45, 2.75) is 33.3 Å². The summed E-state index contributed by atoms with van der Waals surface area (Å²) in [6, 6.07) is 9.56. The second kappa shape index (κ2) is 6.30. The maximum Gasteiger partial charge on any atom is 0.184 e. The molecular weight excluding hydrogens is 350 g/mol. The van der Waals surface area contributed by atoms with Crippen molar-refractivity contribution in [2.24, 2.45) is 0 Å². The summed E-state index contributed by atoms with van der Waals surface area (Å²) in [6.07, 6.45) is 0.107. The summed E-state index contributed by atoms with van der Waals surface area (Å²) < 4.78 is 1.90. The van der Waals surface area contributed by atoms with Crippen LogP contribution in [0.15, 0.2) is 30.3 Å². The Balaban J connectivity index is 2.04. The minimum Gasteiger partial charge on any atom is -0.393 e. The quantitative estimate of drug-likeness (QED) is 0.599. The Morgan fingerprint density at radius 2 is 1.88 bits per heavy atom. The molecule has 3 heterocycles. The minimum absolute atomic E-state index is 0.434. The third kappa shape index (κ3) is 2.81. The van der Waals surface area contributed by atoms with Gasteiger partial charge in [-0.25, -0.2) is 9.97 Å². The molecule has 0 saturated carbocycles. The van der Waals surface area contributed by atoms with Crippen LogP contribution in [0.3, 0.4) is 0 Å². The average Bonchev–Trinajstić information content (AvgIpc) is 3.03. The largest absolute Gasteiger partial charge is 0.393 e. The van der Waals surface area contributed by atoms with E-state index in [4.69, 9.17) is 11.6 Å². The fourth-order valence-electron chi connectivity index (χ4n) is 3.12. The van der Waals surface area contributed by atoms with Crippen LogP contribution in [0.25, 0.3) is 28.2 Å². The van der Waals surface area contributed by atoms with E-state index in [-0.39, 0.29) is 0 Å². The van der Waals surface area contributed by atoms with Gasteiger partial charge in [0.1, 0.15) is 5.52 Å². The molecule has 3 aromatic heterocycles. The van der Waals surface area contributed by atoms with Crippen molar-refractivity contribution in [1.82, 2.24) is 24.6 Å². The first-order valence-corrected chi connectivity index (χ1v) is 8.78. The number of aliphatic hydroxyl groups excluding tert-OH is 1. The van der Waals surface area contributed by atoms with Gasteiger partial charge in [0.05, 0.1) is 16.8 Å². The number of nitrogens with zero attached hydrogens (tertiary/aromatic N) is 5. The van der Waals surface area contributed by atoms with E-state index in [0.29, 0.717) is 28.6 Å². The zero-order valence-electron chi connectivity index (χ0n) is 14.7. The normalized spacial score (nSPS) is 12.8. The minimum atomic E-state index is -0.434. The molecule has 4 aromatic rings. The number of fused-ring (bicyclic) bond motifs is 3. The lowest BCUT2D eigenvalue weighted by Crippen LogP contribution is -2.05. The van der Waals surface area contributed by atoms with Gasteiger partial charge in [0, 0.05) is 11.3 Å². The molecule has 4 rings (SSSR count). The van der Waals surface area contributed by atoms with E-state index < -0.39 is 6.10 Å². The molecule has 1 N–H and O–H groups in total. The second-order valence-electron chi connectivity index (χ2n) is 6.54. The van der Waals surface area contributed by atoms with Crippen molar-refractivity contribution in [2.75, 3.05) is 0 Å². The molecule has 1 aromatic carbocycles. The molecule has 1 atom stereocenters. The van der Waals surface area contributed by atoms with E-state index in [1.165, 1.54) is 0 Å². The van der Waals surface area contributed by atoms with E-state index >= 15 is 0 Å². The average molecular weight is 368 g/mol. The van der Waals surface area contributed by atoms with E-state index in [1.807, 2.05) is 48.6 Å². The van der Waals surface area contributed by atoms with Crippen molar-refractivity contribution in [3.63, 3.8) is 0 Å². The number of aliphatic hydroxyl groups is 1. The highest BCUT2D eigenvalue weighted by atomic mass is 35.5. The molecular formula is C19H18ClN5O. The van der Waals surface area contributed by atoms with Crippen molar-refractivity contribution < 1.29 is 5.11 Å². The van der Waals surface area contributed by atoms with Crippen LogP contribution in [0.4, 0.5) is 0 Å². The molecule has 0 amide bonds. The third-order valence-corrected chi connectivity index (χ3v) is 4.61. The van der Waals surface area contributed by atoms with Gasteiger partial charge in [-0.2, -0.15) is 0 Å². The van der Waals surface area contributed by atoms with Gasteiger partial charge >= 0.3 is 0 Å². The highest BCUT2D eigenvalue weighted by molar-refractivity contribution is 6.33. The molecule has 0 aliphatic carbocycles. The third-order valence-electron chi connectivity index (χ3n) is 4.28. The summed E-state index contributed by atoms with van der Waals surface area (Å²) >= 11 is 6.47. The Morgan fingerprint density at radius 3 is 2.65 bits per heavy atom. The van der Waals surface area contributed by atoms with E-state index in [9.17, 15) is 5.11 Å². The SMILES string of the molecule is Cc1ccc2nc(C)c3nnc(-c4cc(CC(C)O)ccc4Cl)n3c2n1.